The van der Waals surface area contributed by atoms with Gasteiger partial charge in [-0.15, -0.1) is 0 Å². The standard InChI is InChI=1S/C19H16N4O4/c1-19(2)26-17(24)15(18(25)27-19)14(11-6-4-3-5-7-11)13(10-22)16(23)12(8-20)9-21/h3-7,13-14,24H,23H2,1-2H3/p-1/t13-,14-/m1/s1. The van der Waals surface area contributed by atoms with Gasteiger partial charge in [-0.25, -0.2) is 4.79 Å². The summed E-state index contributed by atoms with van der Waals surface area (Å²) in [7, 11) is 0. The van der Waals surface area contributed by atoms with Crippen LogP contribution >= 0.6 is 0 Å². The third-order valence-electron chi connectivity index (χ3n) is 3.91. The number of nitriles is 3. The molecule has 0 saturated heterocycles. The number of ether oxygens (including phenoxy) is 2. The monoisotopic (exact) mass is 363 g/mol. The van der Waals surface area contributed by atoms with Crippen molar-refractivity contribution in [1.29, 1.82) is 15.8 Å². The zero-order chi connectivity index (χ0) is 20.2. The summed E-state index contributed by atoms with van der Waals surface area (Å²) in [5, 5.41) is 40.3. The van der Waals surface area contributed by atoms with Gasteiger partial charge < -0.3 is 20.3 Å². The smallest absolute Gasteiger partial charge is 0.337 e. The number of hydrogen-bond donors (Lipinski definition) is 1. The molecule has 8 heteroatoms. The fraction of sp³-hybridized carbons (Fsp3) is 0.263. The molecule has 0 fully saturated rings. The molecule has 0 radical (unpaired) electrons. The maximum Gasteiger partial charge on any atom is 0.337 e. The predicted molar refractivity (Wildman–Crippen MR) is 89.0 cm³/mol. The lowest BCUT2D eigenvalue weighted by Gasteiger charge is -2.41. The van der Waals surface area contributed by atoms with Crippen LogP contribution in [0.5, 0.6) is 0 Å². The molecule has 2 N–H and O–H groups in total. The van der Waals surface area contributed by atoms with Crippen LogP contribution in [-0.2, 0) is 14.3 Å². The van der Waals surface area contributed by atoms with E-state index in [0.717, 1.165) is 0 Å². The van der Waals surface area contributed by atoms with E-state index in [-0.39, 0.29) is 5.70 Å². The quantitative estimate of drug-likeness (QED) is 0.614. The van der Waals surface area contributed by atoms with Gasteiger partial charge in [0.15, 0.2) is 5.79 Å². The van der Waals surface area contributed by atoms with Gasteiger partial charge in [-0.2, -0.15) is 15.8 Å². The van der Waals surface area contributed by atoms with Crippen LogP contribution in [0.2, 0.25) is 0 Å². The average molecular weight is 363 g/mol. The van der Waals surface area contributed by atoms with E-state index in [0.29, 0.717) is 5.56 Å². The lowest BCUT2D eigenvalue weighted by atomic mass is 9.78. The van der Waals surface area contributed by atoms with E-state index >= 15 is 0 Å². The zero-order valence-corrected chi connectivity index (χ0v) is 14.6. The summed E-state index contributed by atoms with van der Waals surface area (Å²) in [6.07, 6.45) is 0. The highest BCUT2D eigenvalue weighted by Gasteiger charge is 2.39. The number of nitrogens with zero attached hydrogens (tertiary/aromatic N) is 3. The predicted octanol–water partition coefficient (Wildman–Crippen LogP) is 1.05. The number of hydrogen-bond acceptors (Lipinski definition) is 8. The Kier molecular flexibility index (Phi) is 5.39. The van der Waals surface area contributed by atoms with E-state index in [1.54, 1.807) is 42.5 Å². The molecule has 2 rings (SSSR count). The fourth-order valence-corrected chi connectivity index (χ4v) is 2.73. The lowest BCUT2D eigenvalue weighted by molar-refractivity contribution is -0.394. The number of nitrogens with two attached hydrogens (primary N) is 1. The highest BCUT2D eigenvalue weighted by Crippen LogP contribution is 2.40. The molecule has 2 atom stereocenters. The van der Waals surface area contributed by atoms with E-state index < -0.39 is 40.7 Å². The Labute approximate surface area is 155 Å². The lowest BCUT2D eigenvalue weighted by Crippen LogP contribution is -2.42. The largest absolute Gasteiger partial charge is 0.575 e. The second-order valence-electron chi connectivity index (χ2n) is 6.14. The molecule has 27 heavy (non-hydrogen) atoms. The first-order valence-corrected chi connectivity index (χ1v) is 7.83. The minimum Gasteiger partial charge on any atom is -0.575 e. The maximum absolute atomic E-state index is 12.5. The third kappa shape index (κ3) is 3.84. The summed E-state index contributed by atoms with van der Waals surface area (Å²) in [5.74, 6) is -5.86. The van der Waals surface area contributed by atoms with Crippen molar-refractivity contribution in [2.24, 2.45) is 11.7 Å². The number of rotatable bonds is 4. The molecule has 0 spiro atoms. The second-order valence-corrected chi connectivity index (χ2v) is 6.14. The van der Waals surface area contributed by atoms with E-state index in [4.69, 9.17) is 25.7 Å². The first-order chi connectivity index (χ1) is 12.8. The van der Waals surface area contributed by atoms with Gasteiger partial charge in [-0.3, -0.25) is 0 Å². The van der Waals surface area contributed by atoms with Crippen molar-refractivity contribution in [3.05, 3.63) is 58.7 Å². The highest BCUT2D eigenvalue weighted by molar-refractivity contribution is 5.91. The normalized spacial score (nSPS) is 17.2. The molecule has 136 valence electrons. The number of carbonyl (C=O) groups excluding carboxylic acids is 1. The van der Waals surface area contributed by atoms with Gasteiger partial charge in [-0.1, -0.05) is 30.3 Å². The minimum absolute atomic E-state index is 0.339. The van der Waals surface area contributed by atoms with Crippen molar-refractivity contribution in [3.8, 4) is 18.2 Å². The average Bonchev–Trinajstić information content (AvgIpc) is 2.61. The number of carbonyl (C=O) groups is 1. The first-order valence-electron chi connectivity index (χ1n) is 7.83. The third-order valence-corrected chi connectivity index (χ3v) is 3.91. The van der Waals surface area contributed by atoms with Crippen LogP contribution in [0.25, 0.3) is 0 Å². The van der Waals surface area contributed by atoms with Crippen molar-refractivity contribution >= 4 is 5.97 Å². The topological polar surface area (TPSA) is 156 Å². The minimum atomic E-state index is -1.45. The molecule has 1 aromatic rings. The molecule has 1 aliphatic heterocycles. The van der Waals surface area contributed by atoms with Crippen molar-refractivity contribution in [3.63, 3.8) is 0 Å². The molecule has 0 unspecified atom stereocenters. The SMILES string of the molecule is CC1(C)OC(=O)C([C@H](c2ccccc2)[C@@H](C#N)C(N)=C(C#N)C#N)=C([O-])O1. The Morgan fingerprint density at radius 1 is 1.15 bits per heavy atom. The van der Waals surface area contributed by atoms with Gasteiger partial charge in [0.05, 0.1) is 29.2 Å². The van der Waals surface area contributed by atoms with Crippen LogP contribution in [-0.4, -0.2) is 11.8 Å². The van der Waals surface area contributed by atoms with Crippen molar-refractivity contribution in [1.82, 2.24) is 0 Å². The van der Waals surface area contributed by atoms with Crippen LogP contribution in [0, 0.1) is 39.9 Å². The molecule has 1 heterocycles. The van der Waals surface area contributed by atoms with Crippen molar-refractivity contribution < 1.29 is 19.4 Å². The molecule has 0 aliphatic carbocycles. The Balaban J connectivity index is 2.73. The summed E-state index contributed by atoms with van der Waals surface area (Å²) in [6.45, 7) is 2.80. The summed E-state index contributed by atoms with van der Waals surface area (Å²) in [4.78, 5) is 12.5. The molecule has 0 saturated carbocycles. The van der Waals surface area contributed by atoms with Gasteiger partial charge in [0, 0.05) is 5.92 Å². The summed E-state index contributed by atoms with van der Waals surface area (Å²) in [5.41, 5.74) is 5.05. The summed E-state index contributed by atoms with van der Waals surface area (Å²) in [6, 6.07) is 13.3. The Morgan fingerprint density at radius 2 is 1.74 bits per heavy atom. The zero-order valence-electron chi connectivity index (χ0n) is 14.6. The summed E-state index contributed by atoms with van der Waals surface area (Å²) >= 11 is 0. The highest BCUT2D eigenvalue weighted by atomic mass is 16.8. The number of esters is 1. The van der Waals surface area contributed by atoms with Crippen LogP contribution in [0.1, 0.15) is 25.3 Å². The van der Waals surface area contributed by atoms with E-state index in [9.17, 15) is 15.2 Å². The van der Waals surface area contributed by atoms with E-state index in [2.05, 4.69) is 0 Å². The van der Waals surface area contributed by atoms with Crippen molar-refractivity contribution in [2.45, 2.75) is 25.6 Å². The molecular weight excluding hydrogens is 348 g/mol. The molecular formula is C19H15N4O4-. The molecule has 0 amide bonds. The molecule has 8 nitrogen and oxygen atoms in total. The van der Waals surface area contributed by atoms with Gasteiger partial charge in [0.1, 0.15) is 17.7 Å². The van der Waals surface area contributed by atoms with E-state index in [1.165, 1.54) is 13.8 Å². The number of benzene rings is 1. The molecule has 1 aromatic carbocycles. The second kappa shape index (κ2) is 7.51. The fourth-order valence-electron chi connectivity index (χ4n) is 2.73. The Hall–Kier alpha value is -3.96. The van der Waals surface area contributed by atoms with Crippen LogP contribution in [0.4, 0.5) is 0 Å². The Morgan fingerprint density at radius 3 is 2.22 bits per heavy atom. The van der Waals surface area contributed by atoms with Crippen LogP contribution in [0.3, 0.4) is 0 Å². The summed E-state index contributed by atoms with van der Waals surface area (Å²) < 4.78 is 10.3. The molecule has 0 bridgehead atoms. The first kappa shape index (κ1) is 19.4. The van der Waals surface area contributed by atoms with Gasteiger partial charge in [-0.05, 0) is 19.4 Å². The number of allylic oxidation sites excluding steroid dienone is 2. The van der Waals surface area contributed by atoms with E-state index in [1.807, 2.05) is 6.07 Å². The Bertz CT molecular complexity index is 927. The molecule has 1 aliphatic rings. The van der Waals surface area contributed by atoms with Gasteiger partial charge in [0.25, 0.3) is 0 Å². The van der Waals surface area contributed by atoms with Crippen LogP contribution < -0.4 is 10.8 Å². The maximum atomic E-state index is 12.5. The van der Waals surface area contributed by atoms with Crippen molar-refractivity contribution in [2.75, 3.05) is 0 Å². The molecule has 0 aromatic heterocycles. The number of cyclic esters (lactones) is 1. The van der Waals surface area contributed by atoms with Gasteiger partial charge in [0.2, 0.25) is 0 Å². The van der Waals surface area contributed by atoms with Gasteiger partial charge >= 0.3 is 5.97 Å². The van der Waals surface area contributed by atoms with Crippen LogP contribution in [0.15, 0.2) is 53.1 Å².